The van der Waals surface area contributed by atoms with Crippen LogP contribution in [0.5, 0.6) is 0 Å². The van der Waals surface area contributed by atoms with E-state index < -0.39 is 0 Å². The molecule has 2 unspecified atom stereocenters. The summed E-state index contributed by atoms with van der Waals surface area (Å²) in [5.74, 6) is 0. The minimum Gasteiger partial charge on any atom is -0.323 e. The Morgan fingerprint density at radius 2 is 2.06 bits per heavy atom. The fourth-order valence-corrected chi connectivity index (χ4v) is 2.48. The van der Waals surface area contributed by atoms with E-state index in [0.717, 1.165) is 13.1 Å². The van der Waals surface area contributed by atoms with Crippen molar-refractivity contribution in [3.05, 3.63) is 35.9 Å². The molecule has 0 aromatic heterocycles. The van der Waals surface area contributed by atoms with Gasteiger partial charge in [-0.2, -0.15) is 0 Å². The Morgan fingerprint density at radius 3 is 2.65 bits per heavy atom. The smallest absolute Gasteiger partial charge is 0.0424 e. The minimum atomic E-state index is 0.136. The van der Waals surface area contributed by atoms with Crippen molar-refractivity contribution in [1.29, 1.82) is 0 Å². The lowest BCUT2D eigenvalue weighted by Crippen LogP contribution is -2.34. The highest BCUT2D eigenvalue weighted by Gasteiger charge is 2.25. The molecule has 1 aromatic rings. The van der Waals surface area contributed by atoms with Crippen molar-refractivity contribution >= 4 is 0 Å². The van der Waals surface area contributed by atoms with Crippen molar-refractivity contribution < 1.29 is 0 Å². The van der Waals surface area contributed by atoms with Gasteiger partial charge in [-0.3, -0.25) is 4.90 Å². The van der Waals surface area contributed by atoms with Gasteiger partial charge in [-0.05, 0) is 32.6 Å². The SMILES string of the molecule is CN(C)C1CCN(CC(N)c2ccccc2)C1. The second-order valence-corrected chi connectivity index (χ2v) is 5.18. The van der Waals surface area contributed by atoms with Gasteiger partial charge >= 0.3 is 0 Å². The van der Waals surface area contributed by atoms with Crippen LogP contribution < -0.4 is 5.73 Å². The third-order valence-electron chi connectivity index (χ3n) is 3.66. The van der Waals surface area contributed by atoms with Gasteiger partial charge in [0.15, 0.2) is 0 Å². The fourth-order valence-electron chi connectivity index (χ4n) is 2.48. The van der Waals surface area contributed by atoms with E-state index in [2.05, 4.69) is 48.2 Å². The van der Waals surface area contributed by atoms with Crippen LogP contribution in [0.3, 0.4) is 0 Å². The Balaban J connectivity index is 1.86. The summed E-state index contributed by atoms with van der Waals surface area (Å²) in [5.41, 5.74) is 7.48. The number of likely N-dealkylation sites (N-methyl/N-ethyl adjacent to an activating group) is 1. The summed E-state index contributed by atoms with van der Waals surface area (Å²) in [6, 6.07) is 11.2. The number of rotatable bonds is 4. The number of nitrogens with zero attached hydrogens (tertiary/aromatic N) is 2. The highest BCUT2D eigenvalue weighted by molar-refractivity contribution is 5.18. The first-order valence-electron chi connectivity index (χ1n) is 6.36. The highest BCUT2D eigenvalue weighted by Crippen LogP contribution is 2.17. The zero-order chi connectivity index (χ0) is 12.3. The number of hydrogen-bond acceptors (Lipinski definition) is 3. The maximum absolute atomic E-state index is 6.24. The predicted octanol–water partition coefficient (Wildman–Crippen LogP) is 1.32. The van der Waals surface area contributed by atoms with E-state index in [0.29, 0.717) is 6.04 Å². The van der Waals surface area contributed by atoms with Crippen LogP contribution in [0.1, 0.15) is 18.0 Å². The summed E-state index contributed by atoms with van der Waals surface area (Å²) in [6.45, 7) is 3.28. The minimum absolute atomic E-state index is 0.136. The molecule has 1 fully saturated rings. The van der Waals surface area contributed by atoms with Crippen molar-refractivity contribution in [3.63, 3.8) is 0 Å². The van der Waals surface area contributed by atoms with Gasteiger partial charge in [0.25, 0.3) is 0 Å². The molecule has 1 aliphatic rings. The Morgan fingerprint density at radius 1 is 1.35 bits per heavy atom. The summed E-state index contributed by atoms with van der Waals surface area (Å²) in [6.07, 6.45) is 1.26. The van der Waals surface area contributed by atoms with E-state index in [-0.39, 0.29) is 6.04 Å². The number of likely N-dealkylation sites (tertiary alicyclic amines) is 1. The standard InChI is InChI=1S/C14H23N3/c1-16(2)13-8-9-17(10-13)11-14(15)12-6-4-3-5-7-12/h3-7,13-14H,8-11,15H2,1-2H3. The van der Waals surface area contributed by atoms with Gasteiger partial charge < -0.3 is 10.6 Å². The Labute approximate surface area is 104 Å². The maximum atomic E-state index is 6.24. The van der Waals surface area contributed by atoms with Crippen LogP contribution in [0.2, 0.25) is 0 Å². The molecule has 1 saturated heterocycles. The van der Waals surface area contributed by atoms with Crippen molar-refractivity contribution in [2.24, 2.45) is 5.73 Å². The van der Waals surface area contributed by atoms with E-state index in [1.807, 2.05) is 6.07 Å². The van der Waals surface area contributed by atoms with Gasteiger partial charge in [-0.25, -0.2) is 0 Å². The van der Waals surface area contributed by atoms with E-state index in [9.17, 15) is 0 Å². The Kier molecular flexibility index (Phi) is 4.15. The van der Waals surface area contributed by atoms with Crippen molar-refractivity contribution in [3.8, 4) is 0 Å². The van der Waals surface area contributed by atoms with Crippen LogP contribution in [-0.2, 0) is 0 Å². The second kappa shape index (κ2) is 5.63. The quantitative estimate of drug-likeness (QED) is 0.851. The molecule has 3 heteroatoms. The Hall–Kier alpha value is -0.900. The van der Waals surface area contributed by atoms with Crippen molar-refractivity contribution in [2.75, 3.05) is 33.7 Å². The van der Waals surface area contributed by atoms with Crippen LogP contribution >= 0.6 is 0 Å². The summed E-state index contributed by atoms with van der Waals surface area (Å²) < 4.78 is 0. The molecule has 2 rings (SSSR count). The molecule has 2 atom stereocenters. The van der Waals surface area contributed by atoms with E-state index >= 15 is 0 Å². The van der Waals surface area contributed by atoms with Gasteiger partial charge in [0, 0.05) is 25.2 Å². The number of benzene rings is 1. The monoisotopic (exact) mass is 233 g/mol. The largest absolute Gasteiger partial charge is 0.323 e. The number of nitrogens with two attached hydrogens (primary N) is 1. The predicted molar refractivity (Wildman–Crippen MR) is 71.9 cm³/mol. The van der Waals surface area contributed by atoms with Crippen LogP contribution in [0, 0.1) is 0 Å². The third-order valence-corrected chi connectivity index (χ3v) is 3.66. The lowest BCUT2D eigenvalue weighted by Gasteiger charge is -2.23. The highest BCUT2D eigenvalue weighted by atomic mass is 15.2. The molecule has 0 saturated carbocycles. The Bertz CT molecular complexity index is 337. The first-order valence-corrected chi connectivity index (χ1v) is 6.36. The summed E-state index contributed by atoms with van der Waals surface area (Å²) in [7, 11) is 4.32. The van der Waals surface area contributed by atoms with E-state index in [1.165, 1.54) is 18.5 Å². The average Bonchev–Trinajstić information content (AvgIpc) is 2.79. The second-order valence-electron chi connectivity index (χ2n) is 5.18. The van der Waals surface area contributed by atoms with Crippen molar-refractivity contribution in [2.45, 2.75) is 18.5 Å². The maximum Gasteiger partial charge on any atom is 0.0424 e. The van der Waals surface area contributed by atoms with Crippen LogP contribution in [0.4, 0.5) is 0 Å². The van der Waals surface area contributed by atoms with Crippen LogP contribution in [0.15, 0.2) is 30.3 Å². The molecular formula is C14H23N3. The normalized spacial score (nSPS) is 23.2. The van der Waals surface area contributed by atoms with Gasteiger partial charge in [0.1, 0.15) is 0 Å². The third kappa shape index (κ3) is 3.28. The van der Waals surface area contributed by atoms with Gasteiger partial charge in [-0.15, -0.1) is 0 Å². The molecule has 2 N–H and O–H groups in total. The first kappa shape index (κ1) is 12.6. The molecule has 0 radical (unpaired) electrons. The van der Waals surface area contributed by atoms with Gasteiger partial charge in [0.2, 0.25) is 0 Å². The summed E-state index contributed by atoms with van der Waals surface area (Å²) in [5, 5.41) is 0. The average molecular weight is 233 g/mol. The number of hydrogen-bond donors (Lipinski definition) is 1. The lowest BCUT2D eigenvalue weighted by molar-refractivity contribution is 0.260. The van der Waals surface area contributed by atoms with Crippen LogP contribution in [0.25, 0.3) is 0 Å². The molecule has 3 nitrogen and oxygen atoms in total. The first-order chi connectivity index (χ1) is 8.16. The molecule has 0 bridgehead atoms. The van der Waals surface area contributed by atoms with Gasteiger partial charge in [-0.1, -0.05) is 30.3 Å². The molecule has 94 valence electrons. The molecule has 1 heterocycles. The van der Waals surface area contributed by atoms with Gasteiger partial charge in [0.05, 0.1) is 0 Å². The molecule has 17 heavy (non-hydrogen) atoms. The van der Waals surface area contributed by atoms with E-state index in [1.54, 1.807) is 0 Å². The fraction of sp³-hybridized carbons (Fsp3) is 0.571. The zero-order valence-electron chi connectivity index (χ0n) is 10.8. The summed E-state index contributed by atoms with van der Waals surface area (Å²) in [4.78, 5) is 4.79. The lowest BCUT2D eigenvalue weighted by atomic mass is 10.1. The van der Waals surface area contributed by atoms with Crippen molar-refractivity contribution in [1.82, 2.24) is 9.80 Å². The molecule has 1 aliphatic heterocycles. The molecular weight excluding hydrogens is 210 g/mol. The summed E-state index contributed by atoms with van der Waals surface area (Å²) >= 11 is 0. The zero-order valence-corrected chi connectivity index (χ0v) is 10.8. The molecule has 0 aliphatic carbocycles. The topological polar surface area (TPSA) is 32.5 Å². The van der Waals surface area contributed by atoms with Crippen LogP contribution in [-0.4, -0.2) is 49.6 Å². The molecule has 0 amide bonds. The van der Waals surface area contributed by atoms with E-state index in [4.69, 9.17) is 5.73 Å². The molecule has 1 aromatic carbocycles. The molecule has 0 spiro atoms.